The Hall–Kier alpha value is -0.410. The summed E-state index contributed by atoms with van der Waals surface area (Å²) in [5.74, 6) is 1.48. The Kier molecular flexibility index (Phi) is 4.00. The van der Waals surface area contributed by atoms with Gasteiger partial charge in [-0.1, -0.05) is 32.1 Å². The van der Waals surface area contributed by atoms with E-state index in [4.69, 9.17) is 10.7 Å². The van der Waals surface area contributed by atoms with E-state index in [2.05, 4.69) is 0 Å². The zero-order chi connectivity index (χ0) is 12.4. The predicted molar refractivity (Wildman–Crippen MR) is 77.0 cm³/mol. The van der Waals surface area contributed by atoms with E-state index in [0.29, 0.717) is 6.54 Å². The Morgan fingerprint density at radius 1 is 0.944 bits per heavy atom. The van der Waals surface area contributed by atoms with Crippen molar-refractivity contribution in [3.63, 3.8) is 0 Å². The van der Waals surface area contributed by atoms with Gasteiger partial charge in [0.05, 0.1) is 10.7 Å². The van der Waals surface area contributed by atoms with Gasteiger partial charge in [0.15, 0.2) is 0 Å². The van der Waals surface area contributed by atoms with Crippen LogP contribution in [0.25, 0.3) is 0 Å². The highest BCUT2D eigenvalue weighted by molar-refractivity contribution is 7.11. The molecule has 2 aliphatic carbocycles. The van der Waals surface area contributed by atoms with Crippen LogP contribution < -0.4 is 5.73 Å². The average molecular weight is 264 g/mol. The molecule has 0 amide bonds. The summed E-state index contributed by atoms with van der Waals surface area (Å²) >= 11 is 1.91. The largest absolute Gasteiger partial charge is 0.326 e. The van der Waals surface area contributed by atoms with Crippen LogP contribution in [0, 0.1) is 0 Å². The molecule has 100 valence electrons. The van der Waals surface area contributed by atoms with Gasteiger partial charge in [-0.2, -0.15) is 0 Å². The molecule has 2 N–H and O–H groups in total. The fourth-order valence-corrected chi connectivity index (χ4v) is 4.28. The second kappa shape index (κ2) is 5.70. The third-order valence-corrected chi connectivity index (χ3v) is 5.60. The molecule has 1 heterocycles. The van der Waals surface area contributed by atoms with E-state index in [0.717, 1.165) is 11.8 Å². The van der Waals surface area contributed by atoms with Crippen molar-refractivity contribution in [2.75, 3.05) is 0 Å². The van der Waals surface area contributed by atoms with Gasteiger partial charge in [0.2, 0.25) is 0 Å². The lowest BCUT2D eigenvalue weighted by Gasteiger charge is -2.17. The Bertz CT molecular complexity index is 387. The van der Waals surface area contributed by atoms with Gasteiger partial charge in [-0.25, -0.2) is 4.98 Å². The maximum atomic E-state index is 5.89. The number of rotatable bonds is 3. The van der Waals surface area contributed by atoms with Crippen LogP contribution in [0.15, 0.2) is 0 Å². The molecule has 2 aliphatic rings. The standard InChI is InChI=1S/C15H24N2S/c16-10-13-14(11-8-9-11)17-15(18-13)12-6-4-2-1-3-5-7-12/h11-12H,1-10,16H2. The normalized spacial score (nSPS) is 22.7. The molecular weight excluding hydrogens is 240 g/mol. The van der Waals surface area contributed by atoms with E-state index in [1.54, 1.807) is 0 Å². The number of hydrogen-bond donors (Lipinski definition) is 1. The monoisotopic (exact) mass is 264 g/mol. The summed E-state index contributed by atoms with van der Waals surface area (Å²) in [5, 5.41) is 1.40. The molecule has 2 saturated carbocycles. The van der Waals surface area contributed by atoms with Crippen molar-refractivity contribution in [1.82, 2.24) is 4.98 Å². The van der Waals surface area contributed by atoms with Gasteiger partial charge < -0.3 is 5.73 Å². The minimum Gasteiger partial charge on any atom is -0.326 e. The van der Waals surface area contributed by atoms with Crippen LogP contribution >= 0.6 is 11.3 Å². The third-order valence-electron chi connectivity index (χ3n) is 4.35. The summed E-state index contributed by atoms with van der Waals surface area (Å²) in [6, 6.07) is 0. The molecule has 2 fully saturated rings. The van der Waals surface area contributed by atoms with Gasteiger partial charge in [-0.05, 0) is 25.7 Å². The molecule has 0 aromatic carbocycles. The van der Waals surface area contributed by atoms with Gasteiger partial charge in [-0.15, -0.1) is 11.3 Å². The summed E-state index contributed by atoms with van der Waals surface area (Å²) in [4.78, 5) is 6.35. The highest BCUT2D eigenvalue weighted by atomic mass is 32.1. The minimum absolute atomic E-state index is 0.691. The van der Waals surface area contributed by atoms with E-state index in [1.807, 2.05) is 11.3 Å². The van der Waals surface area contributed by atoms with Gasteiger partial charge in [0.25, 0.3) is 0 Å². The molecule has 0 unspecified atom stereocenters. The number of aromatic nitrogens is 1. The highest BCUT2D eigenvalue weighted by Crippen LogP contribution is 2.44. The van der Waals surface area contributed by atoms with E-state index >= 15 is 0 Å². The topological polar surface area (TPSA) is 38.9 Å². The summed E-state index contributed by atoms with van der Waals surface area (Å²) in [6.45, 7) is 0.691. The molecule has 0 radical (unpaired) electrons. The van der Waals surface area contributed by atoms with Crippen LogP contribution in [0.1, 0.15) is 85.2 Å². The van der Waals surface area contributed by atoms with Gasteiger partial charge >= 0.3 is 0 Å². The maximum absolute atomic E-state index is 5.89. The molecule has 0 aliphatic heterocycles. The second-order valence-corrected chi connectivity index (χ2v) is 7.00. The van der Waals surface area contributed by atoms with Gasteiger partial charge in [-0.3, -0.25) is 0 Å². The lowest BCUT2D eigenvalue weighted by atomic mass is 9.92. The van der Waals surface area contributed by atoms with E-state index in [9.17, 15) is 0 Å². The predicted octanol–water partition coefficient (Wildman–Crippen LogP) is 4.31. The van der Waals surface area contributed by atoms with Gasteiger partial charge in [0, 0.05) is 23.3 Å². The maximum Gasteiger partial charge on any atom is 0.0962 e. The van der Waals surface area contributed by atoms with E-state index in [1.165, 1.54) is 73.4 Å². The van der Waals surface area contributed by atoms with Crippen molar-refractivity contribution in [3.05, 3.63) is 15.6 Å². The lowest BCUT2D eigenvalue weighted by Crippen LogP contribution is -2.02. The van der Waals surface area contributed by atoms with Crippen LogP contribution in [0.2, 0.25) is 0 Å². The van der Waals surface area contributed by atoms with Crippen molar-refractivity contribution >= 4 is 11.3 Å². The van der Waals surface area contributed by atoms with Crippen LogP contribution in [-0.4, -0.2) is 4.98 Å². The molecule has 1 aromatic heterocycles. The molecule has 0 bridgehead atoms. The zero-order valence-corrected chi connectivity index (χ0v) is 12.0. The fourth-order valence-electron chi connectivity index (χ4n) is 3.08. The molecule has 1 aromatic rings. The zero-order valence-electron chi connectivity index (χ0n) is 11.2. The van der Waals surface area contributed by atoms with E-state index < -0.39 is 0 Å². The molecule has 0 spiro atoms. The minimum atomic E-state index is 0.691. The highest BCUT2D eigenvalue weighted by Gasteiger charge is 2.30. The Morgan fingerprint density at radius 3 is 2.22 bits per heavy atom. The summed E-state index contributed by atoms with van der Waals surface area (Å²) < 4.78 is 0. The quantitative estimate of drug-likeness (QED) is 0.883. The molecule has 18 heavy (non-hydrogen) atoms. The molecule has 0 saturated heterocycles. The van der Waals surface area contributed by atoms with Crippen LogP contribution in [0.4, 0.5) is 0 Å². The Balaban J connectivity index is 1.77. The number of hydrogen-bond acceptors (Lipinski definition) is 3. The van der Waals surface area contributed by atoms with E-state index in [-0.39, 0.29) is 0 Å². The smallest absolute Gasteiger partial charge is 0.0962 e. The Morgan fingerprint density at radius 2 is 1.61 bits per heavy atom. The molecule has 0 atom stereocenters. The summed E-state index contributed by atoms with van der Waals surface area (Å²) in [6.07, 6.45) is 12.4. The third kappa shape index (κ3) is 2.77. The Labute approximate surface area is 114 Å². The van der Waals surface area contributed by atoms with Crippen molar-refractivity contribution in [1.29, 1.82) is 0 Å². The second-order valence-electron chi connectivity index (χ2n) is 5.88. The van der Waals surface area contributed by atoms with Crippen LogP contribution in [-0.2, 0) is 6.54 Å². The van der Waals surface area contributed by atoms with Crippen molar-refractivity contribution in [2.24, 2.45) is 5.73 Å². The van der Waals surface area contributed by atoms with Crippen molar-refractivity contribution in [3.8, 4) is 0 Å². The molecule has 3 rings (SSSR count). The molecule has 2 nitrogen and oxygen atoms in total. The fraction of sp³-hybridized carbons (Fsp3) is 0.800. The number of nitrogens with zero attached hydrogens (tertiary/aromatic N) is 1. The molecular formula is C15H24N2S. The van der Waals surface area contributed by atoms with Crippen LogP contribution in [0.3, 0.4) is 0 Å². The SMILES string of the molecule is NCc1sc(C2CCCCCCC2)nc1C1CC1. The van der Waals surface area contributed by atoms with Crippen molar-refractivity contribution < 1.29 is 0 Å². The van der Waals surface area contributed by atoms with Crippen molar-refractivity contribution in [2.45, 2.75) is 76.2 Å². The summed E-state index contributed by atoms with van der Waals surface area (Å²) in [7, 11) is 0. The molecule has 3 heteroatoms. The average Bonchev–Trinajstić information content (AvgIpc) is 3.09. The number of thiazole rings is 1. The van der Waals surface area contributed by atoms with Gasteiger partial charge in [0.1, 0.15) is 0 Å². The first-order valence-corrected chi connectivity index (χ1v) is 8.39. The number of nitrogens with two attached hydrogens (primary N) is 1. The first-order valence-electron chi connectivity index (χ1n) is 7.58. The first-order chi connectivity index (χ1) is 8.88. The summed E-state index contributed by atoms with van der Waals surface area (Å²) in [5.41, 5.74) is 7.25. The lowest BCUT2D eigenvalue weighted by molar-refractivity contribution is 0.454. The first kappa shape index (κ1) is 12.6. The van der Waals surface area contributed by atoms with Crippen LogP contribution in [0.5, 0.6) is 0 Å².